The lowest BCUT2D eigenvalue weighted by molar-refractivity contribution is 0.0411. The van der Waals surface area contributed by atoms with E-state index >= 15 is 0 Å². The summed E-state index contributed by atoms with van der Waals surface area (Å²) in [5, 5.41) is 10.4. The maximum absolute atomic E-state index is 10.4. The van der Waals surface area contributed by atoms with Crippen LogP contribution in [0.3, 0.4) is 0 Å². The maximum Gasteiger partial charge on any atom is 0.191 e. The fourth-order valence-electron chi connectivity index (χ4n) is 4.69. The summed E-state index contributed by atoms with van der Waals surface area (Å²) >= 11 is 0. The van der Waals surface area contributed by atoms with Gasteiger partial charge in [0.2, 0.25) is 0 Å². The van der Waals surface area contributed by atoms with Gasteiger partial charge in [0.1, 0.15) is 28.6 Å². The molecular formula is C30H37N3O4. The highest BCUT2D eigenvalue weighted by Crippen LogP contribution is 2.44. The van der Waals surface area contributed by atoms with E-state index in [2.05, 4.69) is 24.0 Å². The van der Waals surface area contributed by atoms with Gasteiger partial charge in [-0.25, -0.2) is 4.99 Å². The van der Waals surface area contributed by atoms with Crippen molar-refractivity contribution in [2.75, 3.05) is 13.2 Å². The van der Waals surface area contributed by atoms with Crippen molar-refractivity contribution in [2.45, 2.75) is 59.0 Å². The third kappa shape index (κ3) is 6.28. The number of guanidine groups is 1. The summed E-state index contributed by atoms with van der Waals surface area (Å²) in [7, 11) is 0. The van der Waals surface area contributed by atoms with E-state index in [9.17, 15) is 5.11 Å². The summed E-state index contributed by atoms with van der Waals surface area (Å²) in [6.07, 6.45) is 3.33. The summed E-state index contributed by atoms with van der Waals surface area (Å²) in [5.74, 6) is 2.89. The van der Waals surface area contributed by atoms with E-state index in [-0.39, 0.29) is 11.6 Å². The number of hydrogen-bond donors (Lipinski definition) is 3. The third-order valence-corrected chi connectivity index (χ3v) is 7.15. The summed E-state index contributed by atoms with van der Waals surface area (Å²) in [6.45, 7) is 9.18. The fourth-order valence-corrected chi connectivity index (χ4v) is 4.69. The van der Waals surface area contributed by atoms with Gasteiger partial charge in [-0.15, -0.1) is 0 Å². The van der Waals surface area contributed by atoms with Gasteiger partial charge in [0.15, 0.2) is 5.96 Å². The van der Waals surface area contributed by atoms with Crippen molar-refractivity contribution in [2.24, 2.45) is 16.5 Å². The Morgan fingerprint density at radius 3 is 2.43 bits per heavy atom. The van der Waals surface area contributed by atoms with Gasteiger partial charge < -0.3 is 30.8 Å². The van der Waals surface area contributed by atoms with Crippen LogP contribution in [0, 0.1) is 20.8 Å². The van der Waals surface area contributed by atoms with Gasteiger partial charge in [0.25, 0.3) is 0 Å². The zero-order chi connectivity index (χ0) is 26.6. The van der Waals surface area contributed by atoms with Crippen LogP contribution < -0.4 is 25.7 Å². The number of benzene rings is 3. The van der Waals surface area contributed by atoms with E-state index in [0.717, 1.165) is 70.7 Å². The Labute approximate surface area is 219 Å². The molecule has 4 rings (SSSR count). The van der Waals surface area contributed by atoms with Crippen molar-refractivity contribution in [3.63, 3.8) is 0 Å². The molecule has 1 aliphatic heterocycles. The van der Waals surface area contributed by atoms with Crippen molar-refractivity contribution in [3.8, 4) is 23.0 Å². The molecule has 5 N–H and O–H groups in total. The predicted molar refractivity (Wildman–Crippen MR) is 147 cm³/mol. The second kappa shape index (κ2) is 11.0. The van der Waals surface area contributed by atoms with Gasteiger partial charge in [-0.3, -0.25) is 0 Å². The number of nitrogens with two attached hydrogens (primary N) is 2. The number of phenolic OH excluding ortho intramolecular Hbond substituents is 1. The SMILES string of the molecule is Cc1c(C)c2c(c(C)c1O)CCC(C)(CCOc1ccc(CCOc3cccc(N=C(N)N)c3)cc1)O2. The Hall–Kier alpha value is -3.87. The number of aliphatic imine (C=N–C) groups is 1. The highest BCUT2D eigenvalue weighted by atomic mass is 16.5. The average molecular weight is 504 g/mol. The molecule has 1 atom stereocenters. The highest BCUT2D eigenvalue weighted by molar-refractivity contribution is 5.79. The first-order chi connectivity index (χ1) is 17.6. The monoisotopic (exact) mass is 503 g/mol. The lowest BCUT2D eigenvalue weighted by atomic mass is 9.86. The van der Waals surface area contributed by atoms with E-state index in [4.69, 9.17) is 25.7 Å². The van der Waals surface area contributed by atoms with Gasteiger partial charge >= 0.3 is 0 Å². The summed E-state index contributed by atoms with van der Waals surface area (Å²) in [6, 6.07) is 15.5. The standard InChI is InChI=1S/C30H37N3O4/c1-19-20(2)28-26(21(3)27(19)34)12-14-30(4,37-28)15-17-36-24-10-8-22(9-11-24)13-16-35-25-7-5-6-23(18-25)33-29(31)32/h5-11,18,34H,12-17H2,1-4H3,(H4,31,32,33). The van der Waals surface area contributed by atoms with Gasteiger partial charge in [0, 0.05) is 24.5 Å². The zero-order valence-electron chi connectivity index (χ0n) is 22.1. The number of aromatic hydroxyl groups is 1. The van der Waals surface area contributed by atoms with Crippen LogP contribution in [0.2, 0.25) is 0 Å². The summed E-state index contributed by atoms with van der Waals surface area (Å²) in [4.78, 5) is 4.04. The highest BCUT2D eigenvalue weighted by Gasteiger charge is 2.34. The Morgan fingerprint density at radius 2 is 1.70 bits per heavy atom. The Bertz CT molecular complexity index is 1280. The van der Waals surface area contributed by atoms with E-state index in [0.29, 0.717) is 24.7 Å². The fraction of sp³-hybridized carbons (Fsp3) is 0.367. The van der Waals surface area contributed by atoms with Gasteiger partial charge in [-0.1, -0.05) is 18.2 Å². The normalized spacial score (nSPS) is 16.4. The smallest absolute Gasteiger partial charge is 0.191 e. The molecular weight excluding hydrogens is 466 g/mol. The molecule has 0 spiro atoms. The molecule has 196 valence electrons. The van der Waals surface area contributed by atoms with E-state index in [1.165, 1.54) is 0 Å². The second-order valence-electron chi connectivity index (χ2n) is 9.96. The average Bonchev–Trinajstić information content (AvgIpc) is 2.87. The molecule has 1 unspecified atom stereocenters. The number of rotatable bonds is 9. The van der Waals surface area contributed by atoms with Crippen LogP contribution in [-0.4, -0.2) is 29.9 Å². The number of ether oxygens (including phenoxy) is 3. The molecule has 0 radical (unpaired) electrons. The first-order valence-electron chi connectivity index (χ1n) is 12.7. The number of fused-ring (bicyclic) bond motifs is 1. The lowest BCUT2D eigenvalue weighted by Crippen LogP contribution is -2.38. The second-order valence-corrected chi connectivity index (χ2v) is 9.96. The molecule has 1 heterocycles. The van der Waals surface area contributed by atoms with Crippen LogP contribution in [0.4, 0.5) is 5.69 Å². The van der Waals surface area contributed by atoms with Crippen LogP contribution in [-0.2, 0) is 12.8 Å². The molecule has 7 nitrogen and oxygen atoms in total. The minimum atomic E-state index is -0.302. The van der Waals surface area contributed by atoms with Crippen molar-refractivity contribution in [1.82, 2.24) is 0 Å². The third-order valence-electron chi connectivity index (χ3n) is 7.15. The molecule has 37 heavy (non-hydrogen) atoms. The van der Waals surface area contributed by atoms with Gasteiger partial charge in [-0.2, -0.15) is 0 Å². The first-order valence-corrected chi connectivity index (χ1v) is 12.7. The first kappa shape index (κ1) is 26.2. The predicted octanol–water partition coefficient (Wildman–Crippen LogP) is 5.40. The number of hydrogen-bond acceptors (Lipinski definition) is 5. The van der Waals surface area contributed by atoms with Crippen molar-refractivity contribution >= 4 is 11.6 Å². The molecule has 0 aliphatic carbocycles. The lowest BCUT2D eigenvalue weighted by Gasteiger charge is -2.38. The Balaban J connectivity index is 1.26. The van der Waals surface area contributed by atoms with Crippen molar-refractivity contribution in [1.29, 1.82) is 0 Å². The largest absolute Gasteiger partial charge is 0.507 e. The molecule has 0 aromatic heterocycles. The minimum Gasteiger partial charge on any atom is -0.507 e. The summed E-state index contributed by atoms with van der Waals surface area (Å²) in [5.41, 5.74) is 16.4. The Kier molecular flexibility index (Phi) is 7.81. The van der Waals surface area contributed by atoms with Crippen LogP contribution in [0.15, 0.2) is 53.5 Å². The number of phenols is 1. The molecule has 0 saturated heterocycles. The molecule has 3 aromatic rings. The van der Waals surface area contributed by atoms with E-state index in [1.54, 1.807) is 6.07 Å². The summed E-state index contributed by atoms with van der Waals surface area (Å²) < 4.78 is 18.4. The van der Waals surface area contributed by atoms with Crippen LogP contribution in [0.1, 0.15) is 47.6 Å². The topological polar surface area (TPSA) is 112 Å². The zero-order valence-corrected chi connectivity index (χ0v) is 22.1. The van der Waals surface area contributed by atoms with E-state index in [1.807, 2.05) is 51.1 Å². The number of nitrogens with zero attached hydrogens (tertiary/aromatic N) is 1. The van der Waals surface area contributed by atoms with Crippen LogP contribution in [0.25, 0.3) is 0 Å². The van der Waals surface area contributed by atoms with Gasteiger partial charge in [0.05, 0.1) is 18.9 Å². The van der Waals surface area contributed by atoms with Crippen molar-refractivity contribution < 1.29 is 19.3 Å². The van der Waals surface area contributed by atoms with Crippen LogP contribution in [0.5, 0.6) is 23.0 Å². The quantitative estimate of drug-likeness (QED) is 0.266. The van der Waals surface area contributed by atoms with Crippen LogP contribution >= 0.6 is 0 Å². The van der Waals surface area contributed by atoms with Crippen molar-refractivity contribution in [3.05, 3.63) is 76.3 Å². The molecule has 3 aromatic carbocycles. The maximum atomic E-state index is 10.4. The Morgan fingerprint density at radius 1 is 0.973 bits per heavy atom. The van der Waals surface area contributed by atoms with Gasteiger partial charge in [-0.05, 0) is 87.1 Å². The molecule has 0 amide bonds. The molecule has 0 fully saturated rings. The minimum absolute atomic E-state index is 0.0200. The molecule has 0 saturated carbocycles. The molecule has 1 aliphatic rings. The molecule has 0 bridgehead atoms. The molecule has 7 heteroatoms. The van der Waals surface area contributed by atoms with E-state index < -0.39 is 0 Å².